The summed E-state index contributed by atoms with van der Waals surface area (Å²) < 4.78 is 5.08. The Morgan fingerprint density at radius 3 is 2.62 bits per heavy atom. The van der Waals surface area contributed by atoms with Crippen molar-refractivity contribution in [3.05, 3.63) is 39.9 Å². The molecule has 0 radical (unpaired) electrons. The van der Waals surface area contributed by atoms with E-state index >= 15 is 0 Å². The first-order valence-electron chi connectivity index (χ1n) is 6.99. The molecule has 0 spiro atoms. The number of nitrogens with zero attached hydrogens (tertiary/aromatic N) is 1. The zero-order valence-corrected chi connectivity index (χ0v) is 11.7. The second-order valence-electron chi connectivity index (χ2n) is 5.91. The maximum atomic E-state index is 12.1. The molecular formula is C15H17NO5. The van der Waals surface area contributed by atoms with Crippen LogP contribution in [0.4, 0.5) is 0 Å². The molecule has 1 aromatic rings. The van der Waals surface area contributed by atoms with Gasteiger partial charge >= 0.3 is 0 Å². The van der Waals surface area contributed by atoms with Crippen LogP contribution in [-0.2, 0) is 4.79 Å². The van der Waals surface area contributed by atoms with Crippen molar-refractivity contribution in [2.24, 2.45) is 5.92 Å². The maximum Gasteiger partial charge on any atom is 0.248 e. The zero-order valence-electron chi connectivity index (χ0n) is 11.7. The number of nitro groups is 1. The molecule has 0 aromatic heterocycles. The fourth-order valence-corrected chi connectivity index (χ4v) is 3.84. The van der Waals surface area contributed by atoms with Crippen LogP contribution in [0.25, 0.3) is 0 Å². The lowest BCUT2D eigenvalue weighted by Gasteiger charge is -2.26. The van der Waals surface area contributed by atoms with Crippen LogP contribution in [0.5, 0.6) is 5.75 Å². The van der Waals surface area contributed by atoms with Crippen LogP contribution in [0, 0.1) is 16.0 Å². The van der Waals surface area contributed by atoms with E-state index in [9.17, 15) is 20.0 Å². The van der Waals surface area contributed by atoms with Gasteiger partial charge in [0.25, 0.3) is 0 Å². The Bertz CT molecular complexity index is 584. The largest absolute Gasteiger partial charge is 0.497 e. The van der Waals surface area contributed by atoms with Crippen molar-refractivity contribution in [3.63, 3.8) is 0 Å². The lowest BCUT2D eigenvalue weighted by Crippen LogP contribution is -2.45. The summed E-state index contributed by atoms with van der Waals surface area (Å²) in [5.74, 6) is -0.356. The summed E-state index contributed by atoms with van der Waals surface area (Å²) in [6.45, 7) is 0. The molecule has 0 heterocycles. The number of aliphatic hydroxyl groups is 1. The first kappa shape index (κ1) is 14.0. The van der Waals surface area contributed by atoms with Crippen LogP contribution < -0.4 is 4.74 Å². The molecule has 2 fully saturated rings. The van der Waals surface area contributed by atoms with Gasteiger partial charge in [-0.25, -0.2) is 0 Å². The molecule has 0 saturated heterocycles. The highest BCUT2D eigenvalue weighted by molar-refractivity contribution is 5.84. The average molecular weight is 291 g/mol. The molecule has 2 aliphatic rings. The Labute approximate surface area is 121 Å². The second-order valence-corrected chi connectivity index (χ2v) is 5.91. The zero-order chi connectivity index (χ0) is 15.2. The summed E-state index contributed by atoms with van der Waals surface area (Å²) in [5, 5.41) is 22.1. The highest BCUT2D eigenvalue weighted by Gasteiger charge is 2.64. The minimum atomic E-state index is -1.37. The molecule has 2 saturated carbocycles. The molecule has 1 N–H and O–H groups in total. The third kappa shape index (κ3) is 2.10. The molecule has 112 valence electrons. The van der Waals surface area contributed by atoms with Gasteiger partial charge in [-0.3, -0.25) is 14.9 Å². The van der Waals surface area contributed by atoms with Gasteiger partial charge in [-0.2, -0.15) is 0 Å². The van der Waals surface area contributed by atoms with Gasteiger partial charge in [0.05, 0.1) is 13.0 Å². The van der Waals surface area contributed by atoms with E-state index < -0.39 is 28.4 Å². The van der Waals surface area contributed by atoms with E-state index in [-0.39, 0.29) is 25.0 Å². The summed E-state index contributed by atoms with van der Waals surface area (Å²) in [4.78, 5) is 23.2. The highest BCUT2D eigenvalue weighted by Crippen LogP contribution is 2.52. The number of ether oxygens (including phenoxy) is 1. The van der Waals surface area contributed by atoms with Gasteiger partial charge < -0.3 is 9.84 Å². The smallest absolute Gasteiger partial charge is 0.248 e. The molecule has 6 heteroatoms. The van der Waals surface area contributed by atoms with E-state index in [4.69, 9.17) is 4.74 Å². The third-order valence-corrected chi connectivity index (χ3v) is 4.84. The molecule has 4 atom stereocenters. The molecule has 21 heavy (non-hydrogen) atoms. The number of hydrogen-bond donors (Lipinski definition) is 1. The first-order chi connectivity index (χ1) is 9.96. The molecule has 2 bridgehead atoms. The SMILES string of the molecule is COc1ccc(C2C3CC(O)(CCC3=O)C2[N+](=O)[O-])cc1. The van der Waals surface area contributed by atoms with E-state index in [2.05, 4.69) is 0 Å². The third-order valence-electron chi connectivity index (χ3n) is 4.84. The summed E-state index contributed by atoms with van der Waals surface area (Å²) in [7, 11) is 1.55. The van der Waals surface area contributed by atoms with E-state index in [1.807, 2.05) is 0 Å². The Kier molecular flexibility index (Phi) is 3.20. The summed E-state index contributed by atoms with van der Waals surface area (Å²) >= 11 is 0. The molecule has 4 unspecified atom stereocenters. The van der Waals surface area contributed by atoms with Crippen LogP contribution in [0.15, 0.2) is 24.3 Å². The van der Waals surface area contributed by atoms with Gasteiger partial charge in [0.15, 0.2) is 0 Å². The van der Waals surface area contributed by atoms with Crippen LogP contribution in [0.3, 0.4) is 0 Å². The number of methoxy groups -OCH3 is 1. The van der Waals surface area contributed by atoms with Crippen LogP contribution in [0.2, 0.25) is 0 Å². The highest BCUT2D eigenvalue weighted by atomic mass is 16.6. The lowest BCUT2D eigenvalue weighted by molar-refractivity contribution is -0.544. The molecule has 1 aromatic carbocycles. The van der Waals surface area contributed by atoms with Crippen molar-refractivity contribution in [2.75, 3.05) is 7.11 Å². The molecule has 0 aliphatic heterocycles. The van der Waals surface area contributed by atoms with Gasteiger partial charge in [-0.1, -0.05) is 12.1 Å². The van der Waals surface area contributed by atoms with Gasteiger partial charge in [0.1, 0.15) is 17.1 Å². The number of fused-ring (bicyclic) bond motifs is 2. The Morgan fingerprint density at radius 1 is 1.38 bits per heavy atom. The van der Waals surface area contributed by atoms with Crippen LogP contribution in [-0.4, -0.2) is 34.6 Å². The molecule has 3 rings (SSSR count). The standard InChI is InChI=1S/C15H17NO5/c1-21-10-4-2-9(3-5-10)13-11-8-15(18,7-6-12(11)17)14(13)16(19)20/h2-5,11,13-14,18H,6-8H2,1H3. The number of ketones is 1. The molecule has 2 aliphatic carbocycles. The van der Waals surface area contributed by atoms with Gasteiger partial charge in [-0.15, -0.1) is 0 Å². The minimum Gasteiger partial charge on any atom is -0.497 e. The normalized spacial score (nSPS) is 34.8. The fraction of sp³-hybridized carbons (Fsp3) is 0.533. The number of Topliss-reactive ketones (excluding diaryl/α,β-unsaturated/α-hetero) is 1. The van der Waals surface area contributed by atoms with E-state index in [1.54, 1.807) is 31.4 Å². The number of benzene rings is 1. The Balaban J connectivity index is 2.04. The number of carbonyl (C=O) groups is 1. The second kappa shape index (κ2) is 4.80. The average Bonchev–Trinajstić information content (AvgIpc) is 2.73. The molecule has 6 nitrogen and oxygen atoms in total. The predicted molar refractivity (Wildman–Crippen MR) is 73.8 cm³/mol. The number of hydrogen-bond acceptors (Lipinski definition) is 5. The van der Waals surface area contributed by atoms with Gasteiger partial charge in [-0.05, 0) is 30.5 Å². The van der Waals surface area contributed by atoms with Crippen molar-refractivity contribution in [2.45, 2.75) is 36.8 Å². The molecule has 0 amide bonds. The van der Waals surface area contributed by atoms with Crippen molar-refractivity contribution in [1.82, 2.24) is 0 Å². The topological polar surface area (TPSA) is 89.7 Å². The van der Waals surface area contributed by atoms with E-state index in [0.29, 0.717) is 11.3 Å². The monoisotopic (exact) mass is 291 g/mol. The summed E-state index contributed by atoms with van der Waals surface area (Å²) in [6, 6.07) is 5.82. The summed E-state index contributed by atoms with van der Waals surface area (Å²) in [6.07, 6.45) is 0.590. The first-order valence-corrected chi connectivity index (χ1v) is 6.99. The molecular weight excluding hydrogens is 274 g/mol. The predicted octanol–water partition coefficient (Wildman–Crippen LogP) is 1.54. The number of carbonyl (C=O) groups excluding carboxylic acids is 1. The van der Waals surface area contributed by atoms with Crippen LogP contribution >= 0.6 is 0 Å². The summed E-state index contributed by atoms with van der Waals surface area (Å²) in [5.41, 5.74) is -0.652. The lowest BCUT2D eigenvalue weighted by atomic mass is 9.82. The van der Waals surface area contributed by atoms with Crippen molar-refractivity contribution < 1.29 is 19.6 Å². The van der Waals surface area contributed by atoms with Gasteiger partial charge in [0.2, 0.25) is 6.04 Å². The van der Waals surface area contributed by atoms with E-state index in [1.165, 1.54) is 0 Å². The van der Waals surface area contributed by atoms with Gasteiger partial charge in [0, 0.05) is 17.3 Å². The van der Waals surface area contributed by atoms with Crippen molar-refractivity contribution >= 4 is 5.78 Å². The quantitative estimate of drug-likeness (QED) is 0.674. The van der Waals surface area contributed by atoms with Crippen molar-refractivity contribution in [3.8, 4) is 5.75 Å². The minimum absolute atomic E-state index is 0.0184. The van der Waals surface area contributed by atoms with Crippen molar-refractivity contribution in [1.29, 1.82) is 0 Å². The number of rotatable bonds is 3. The Hall–Kier alpha value is -1.95. The maximum absolute atomic E-state index is 12.1. The fourth-order valence-electron chi connectivity index (χ4n) is 3.84. The van der Waals surface area contributed by atoms with Crippen LogP contribution in [0.1, 0.15) is 30.7 Å². The van der Waals surface area contributed by atoms with E-state index in [0.717, 1.165) is 0 Å². The Morgan fingerprint density at radius 2 is 2.05 bits per heavy atom.